The molecule has 2 heterocycles. The van der Waals surface area contributed by atoms with Crippen LogP contribution in [0.1, 0.15) is 12.8 Å². The third-order valence-electron chi connectivity index (χ3n) is 5.54. The van der Waals surface area contributed by atoms with Crippen LogP contribution < -0.4 is 24.4 Å². The number of piperidine rings is 1. The van der Waals surface area contributed by atoms with Gasteiger partial charge >= 0.3 is 6.01 Å². The topological polar surface area (TPSA) is 99.0 Å². The lowest BCUT2D eigenvalue weighted by Gasteiger charge is -2.29. The summed E-state index contributed by atoms with van der Waals surface area (Å²) < 4.78 is 21.6. The molecule has 1 N–H and O–H groups in total. The largest absolute Gasteiger partial charge is 0.497 e. The van der Waals surface area contributed by atoms with Gasteiger partial charge in [-0.1, -0.05) is 5.10 Å². The molecule has 3 aromatic rings. The van der Waals surface area contributed by atoms with Crippen LogP contribution in [0.4, 0.5) is 11.7 Å². The van der Waals surface area contributed by atoms with Crippen molar-refractivity contribution in [2.24, 2.45) is 5.92 Å². The number of amides is 1. The normalized spacial score (nSPS) is 14.2. The Morgan fingerprint density at radius 3 is 2.34 bits per heavy atom. The first-order chi connectivity index (χ1) is 15.6. The highest BCUT2D eigenvalue weighted by Gasteiger charge is 2.27. The molecular formula is C23H26N4O5. The summed E-state index contributed by atoms with van der Waals surface area (Å²) in [5.41, 5.74) is 1.50. The second kappa shape index (κ2) is 9.59. The van der Waals surface area contributed by atoms with Gasteiger partial charge in [0.1, 0.15) is 5.75 Å². The van der Waals surface area contributed by atoms with E-state index in [-0.39, 0.29) is 11.8 Å². The predicted molar refractivity (Wildman–Crippen MR) is 119 cm³/mol. The number of benzene rings is 2. The zero-order chi connectivity index (χ0) is 22.5. The van der Waals surface area contributed by atoms with Gasteiger partial charge in [-0.2, -0.15) is 0 Å². The summed E-state index contributed by atoms with van der Waals surface area (Å²) in [5.74, 6) is 2.30. The van der Waals surface area contributed by atoms with E-state index in [9.17, 15) is 4.79 Å². The van der Waals surface area contributed by atoms with Gasteiger partial charge in [-0.15, -0.1) is 5.10 Å². The quantitative estimate of drug-likeness (QED) is 0.597. The van der Waals surface area contributed by atoms with Crippen molar-refractivity contribution in [3.63, 3.8) is 0 Å². The summed E-state index contributed by atoms with van der Waals surface area (Å²) in [6.07, 6.45) is 1.39. The van der Waals surface area contributed by atoms with E-state index in [2.05, 4.69) is 15.5 Å². The van der Waals surface area contributed by atoms with Crippen molar-refractivity contribution < 1.29 is 23.4 Å². The fraction of sp³-hybridized carbons (Fsp3) is 0.348. The van der Waals surface area contributed by atoms with Crippen LogP contribution >= 0.6 is 0 Å². The highest BCUT2D eigenvalue weighted by Crippen LogP contribution is 2.31. The van der Waals surface area contributed by atoms with Gasteiger partial charge in [-0.05, 0) is 49.2 Å². The minimum Gasteiger partial charge on any atom is -0.497 e. The molecule has 1 aliphatic heterocycles. The molecule has 1 saturated heterocycles. The molecule has 0 aliphatic carbocycles. The average molecular weight is 438 g/mol. The SMILES string of the molecule is COc1ccc(-c2nnc(N3CCC(C(=O)Nc4ccc(OC)c(OC)c4)CC3)o2)cc1. The molecule has 1 fully saturated rings. The number of ether oxygens (including phenoxy) is 3. The summed E-state index contributed by atoms with van der Waals surface area (Å²) in [4.78, 5) is 14.8. The Bertz CT molecular complexity index is 1060. The van der Waals surface area contributed by atoms with Crippen molar-refractivity contribution in [1.29, 1.82) is 0 Å². The van der Waals surface area contributed by atoms with E-state index in [1.807, 2.05) is 29.2 Å². The van der Waals surface area contributed by atoms with Gasteiger partial charge in [-0.25, -0.2) is 0 Å². The van der Waals surface area contributed by atoms with E-state index in [1.54, 1.807) is 39.5 Å². The fourth-order valence-electron chi connectivity index (χ4n) is 3.68. The third-order valence-corrected chi connectivity index (χ3v) is 5.54. The highest BCUT2D eigenvalue weighted by atomic mass is 16.5. The molecule has 0 unspecified atom stereocenters. The molecule has 0 radical (unpaired) electrons. The van der Waals surface area contributed by atoms with E-state index in [1.165, 1.54) is 0 Å². The van der Waals surface area contributed by atoms with Crippen LogP contribution in [0.15, 0.2) is 46.9 Å². The number of carbonyl (C=O) groups excluding carboxylic acids is 1. The molecule has 0 bridgehead atoms. The summed E-state index contributed by atoms with van der Waals surface area (Å²) in [5, 5.41) is 11.3. The molecule has 168 valence electrons. The van der Waals surface area contributed by atoms with Crippen molar-refractivity contribution in [3.8, 4) is 28.7 Å². The second-order valence-corrected chi connectivity index (χ2v) is 7.44. The number of aromatic nitrogens is 2. The molecular weight excluding hydrogens is 412 g/mol. The summed E-state index contributed by atoms with van der Waals surface area (Å²) >= 11 is 0. The standard InChI is InChI=1S/C23H26N4O5/c1-29-18-7-4-16(5-8-18)22-25-26-23(32-22)27-12-10-15(11-13-27)21(28)24-17-6-9-19(30-2)20(14-17)31-3/h4-9,14-15H,10-13H2,1-3H3,(H,24,28). The Morgan fingerprint density at radius 2 is 1.69 bits per heavy atom. The highest BCUT2D eigenvalue weighted by molar-refractivity contribution is 5.93. The zero-order valence-corrected chi connectivity index (χ0v) is 18.3. The first kappa shape index (κ1) is 21.5. The van der Waals surface area contributed by atoms with Crippen molar-refractivity contribution in [3.05, 3.63) is 42.5 Å². The molecule has 1 aromatic heterocycles. The Balaban J connectivity index is 1.34. The van der Waals surface area contributed by atoms with E-state index < -0.39 is 0 Å². The molecule has 9 heteroatoms. The molecule has 32 heavy (non-hydrogen) atoms. The second-order valence-electron chi connectivity index (χ2n) is 7.44. The summed E-state index contributed by atoms with van der Waals surface area (Å²) in [7, 11) is 4.77. The minimum absolute atomic E-state index is 0.0127. The molecule has 4 rings (SSSR count). The summed E-state index contributed by atoms with van der Waals surface area (Å²) in [6.45, 7) is 1.32. The van der Waals surface area contributed by atoms with Gasteiger partial charge < -0.3 is 28.8 Å². The molecule has 0 saturated carbocycles. The van der Waals surface area contributed by atoms with Crippen LogP contribution in [0.2, 0.25) is 0 Å². The smallest absolute Gasteiger partial charge is 0.318 e. The Hall–Kier alpha value is -3.75. The van der Waals surface area contributed by atoms with E-state index in [4.69, 9.17) is 18.6 Å². The molecule has 0 atom stereocenters. The maximum Gasteiger partial charge on any atom is 0.318 e. The number of hydrogen-bond donors (Lipinski definition) is 1. The molecule has 1 amide bonds. The number of methoxy groups -OCH3 is 3. The van der Waals surface area contributed by atoms with Gasteiger partial charge in [0.2, 0.25) is 11.8 Å². The number of carbonyl (C=O) groups is 1. The van der Waals surface area contributed by atoms with E-state index >= 15 is 0 Å². The van der Waals surface area contributed by atoms with Gasteiger partial charge in [0.05, 0.1) is 21.3 Å². The molecule has 9 nitrogen and oxygen atoms in total. The van der Waals surface area contributed by atoms with Crippen LogP contribution in [0.25, 0.3) is 11.5 Å². The first-order valence-corrected chi connectivity index (χ1v) is 10.4. The first-order valence-electron chi connectivity index (χ1n) is 10.4. The lowest BCUT2D eigenvalue weighted by molar-refractivity contribution is -0.120. The number of rotatable bonds is 7. The lowest BCUT2D eigenvalue weighted by atomic mass is 9.96. The minimum atomic E-state index is -0.0941. The van der Waals surface area contributed by atoms with E-state index in [0.29, 0.717) is 55.0 Å². The van der Waals surface area contributed by atoms with Crippen LogP contribution in [0, 0.1) is 5.92 Å². The van der Waals surface area contributed by atoms with Crippen molar-refractivity contribution in [1.82, 2.24) is 10.2 Å². The van der Waals surface area contributed by atoms with Crippen LogP contribution in [0.3, 0.4) is 0 Å². The number of nitrogens with zero attached hydrogens (tertiary/aromatic N) is 3. The Kier molecular flexibility index (Phi) is 6.44. The van der Waals surface area contributed by atoms with Crippen LogP contribution in [-0.4, -0.2) is 50.5 Å². The monoisotopic (exact) mass is 438 g/mol. The Labute approximate surface area is 186 Å². The van der Waals surface area contributed by atoms with E-state index in [0.717, 1.165) is 11.3 Å². The lowest BCUT2D eigenvalue weighted by Crippen LogP contribution is -2.38. The van der Waals surface area contributed by atoms with Crippen LogP contribution in [0.5, 0.6) is 17.2 Å². The van der Waals surface area contributed by atoms with Gasteiger partial charge in [0.25, 0.3) is 0 Å². The van der Waals surface area contributed by atoms with Gasteiger partial charge in [-0.3, -0.25) is 4.79 Å². The number of anilines is 2. The molecule has 1 aliphatic rings. The van der Waals surface area contributed by atoms with Gasteiger partial charge in [0.15, 0.2) is 11.5 Å². The third kappa shape index (κ3) is 4.61. The Morgan fingerprint density at radius 1 is 0.969 bits per heavy atom. The average Bonchev–Trinajstić information content (AvgIpc) is 3.34. The fourth-order valence-corrected chi connectivity index (χ4v) is 3.68. The van der Waals surface area contributed by atoms with Crippen molar-refractivity contribution >= 4 is 17.6 Å². The zero-order valence-electron chi connectivity index (χ0n) is 18.3. The molecule has 0 spiro atoms. The number of nitrogens with one attached hydrogen (secondary N) is 1. The summed E-state index contributed by atoms with van der Waals surface area (Å²) in [6, 6.07) is 13.2. The van der Waals surface area contributed by atoms with Crippen molar-refractivity contribution in [2.45, 2.75) is 12.8 Å². The van der Waals surface area contributed by atoms with Crippen molar-refractivity contribution in [2.75, 3.05) is 44.6 Å². The maximum absolute atomic E-state index is 12.7. The number of hydrogen-bond acceptors (Lipinski definition) is 8. The maximum atomic E-state index is 12.7. The van der Waals surface area contributed by atoms with Gasteiger partial charge in [0, 0.05) is 36.3 Å². The predicted octanol–water partition coefficient (Wildman–Crippen LogP) is 3.62. The van der Waals surface area contributed by atoms with Crippen LogP contribution in [-0.2, 0) is 4.79 Å². The molecule has 2 aromatic carbocycles.